The Labute approximate surface area is 162 Å². The highest BCUT2D eigenvalue weighted by molar-refractivity contribution is 6.37. The van der Waals surface area contributed by atoms with E-state index < -0.39 is 18.5 Å². The molecule has 5 nitrogen and oxygen atoms in total. The molecule has 2 aromatic carbocycles. The third-order valence-electron chi connectivity index (χ3n) is 3.40. The van der Waals surface area contributed by atoms with Crippen LogP contribution in [0.25, 0.3) is 6.08 Å². The monoisotopic (exact) mass is 392 g/mol. The number of anilines is 2. The number of carbonyl (C=O) groups excluding carboxylic acids is 2. The highest BCUT2D eigenvalue weighted by atomic mass is 35.5. The van der Waals surface area contributed by atoms with Crippen molar-refractivity contribution in [2.24, 2.45) is 0 Å². The summed E-state index contributed by atoms with van der Waals surface area (Å²) < 4.78 is 4.91. The minimum atomic E-state index is -0.668. The molecule has 7 heteroatoms. The van der Waals surface area contributed by atoms with Gasteiger partial charge in [0.1, 0.15) is 0 Å². The number of benzene rings is 2. The molecule has 0 saturated carbocycles. The summed E-state index contributed by atoms with van der Waals surface area (Å²) in [4.78, 5) is 25.5. The summed E-state index contributed by atoms with van der Waals surface area (Å²) in [6, 6.07) is 12.3. The normalized spacial score (nSPS) is 10.6. The Balaban J connectivity index is 1.85. The molecule has 0 fully saturated rings. The quantitative estimate of drug-likeness (QED) is 0.589. The van der Waals surface area contributed by atoms with E-state index in [1.807, 2.05) is 31.1 Å². The van der Waals surface area contributed by atoms with Gasteiger partial charge in [0.05, 0.1) is 0 Å². The van der Waals surface area contributed by atoms with Gasteiger partial charge in [-0.15, -0.1) is 0 Å². The number of hydrogen-bond acceptors (Lipinski definition) is 4. The minimum Gasteiger partial charge on any atom is -0.452 e. The van der Waals surface area contributed by atoms with Gasteiger partial charge in [-0.1, -0.05) is 29.3 Å². The predicted octanol–water partition coefficient (Wildman–Crippen LogP) is 4.25. The molecule has 0 spiro atoms. The highest BCUT2D eigenvalue weighted by Gasteiger charge is 2.07. The summed E-state index contributed by atoms with van der Waals surface area (Å²) in [6.07, 6.45) is 2.62. The number of halogens is 2. The third-order valence-corrected chi connectivity index (χ3v) is 4.06. The van der Waals surface area contributed by atoms with Crippen molar-refractivity contribution in [3.63, 3.8) is 0 Å². The number of hydrogen-bond donors (Lipinski definition) is 1. The van der Waals surface area contributed by atoms with Crippen LogP contribution in [0.2, 0.25) is 10.0 Å². The number of carbonyl (C=O) groups is 2. The van der Waals surface area contributed by atoms with Gasteiger partial charge in [0.15, 0.2) is 6.61 Å². The Bertz CT molecular complexity index is 798. The summed E-state index contributed by atoms with van der Waals surface area (Å²) in [6.45, 7) is -0.394. The van der Waals surface area contributed by atoms with Crippen molar-refractivity contribution in [1.29, 1.82) is 0 Å². The molecule has 0 heterocycles. The Kier molecular flexibility index (Phi) is 7.06. The second-order valence-electron chi connectivity index (χ2n) is 5.57. The van der Waals surface area contributed by atoms with E-state index in [4.69, 9.17) is 27.9 Å². The van der Waals surface area contributed by atoms with Crippen LogP contribution in [0.4, 0.5) is 11.4 Å². The molecule has 0 aromatic heterocycles. The van der Waals surface area contributed by atoms with Gasteiger partial charge in [-0.3, -0.25) is 4.79 Å². The average molecular weight is 393 g/mol. The lowest BCUT2D eigenvalue weighted by molar-refractivity contribution is -0.142. The molecule has 0 radical (unpaired) electrons. The number of amides is 1. The summed E-state index contributed by atoms with van der Waals surface area (Å²) in [5, 5.41) is 3.49. The summed E-state index contributed by atoms with van der Waals surface area (Å²) in [5.41, 5.74) is 2.14. The Morgan fingerprint density at radius 2 is 1.69 bits per heavy atom. The first kappa shape index (κ1) is 19.8. The number of ether oxygens (including phenoxy) is 1. The molecular formula is C19H18Cl2N2O3. The van der Waals surface area contributed by atoms with Crippen molar-refractivity contribution in [2.45, 2.75) is 0 Å². The fourth-order valence-electron chi connectivity index (χ4n) is 2.05. The van der Waals surface area contributed by atoms with Crippen molar-refractivity contribution in [2.75, 3.05) is 30.9 Å². The molecule has 1 amide bonds. The zero-order valence-electron chi connectivity index (χ0n) is 14.3. The molecule has 0 aliphatic rings. The van der Waals surface area contributed by atoms with Gasteiger partial charge in [0.25, 0.3) is 5.91 Å². The van der Waals surface area contributed by atoms with Crippen LogP contribution in [0.5, 0.6) is 0 Å². The van der Waals surface area contributed by atoms with E-state index in [1.165, 1.54) is 12.2 Å². The van der Waals surface area contributed by atoms with E-state index in [0.29, 0.717) is 21.3 Å². The largest absolute Gasteiger partial charge is 0.452 e. The molecule has 0 bridgehead atoms. The Hall–Kier alpha value is -2.50. The SMILES string of the molecule is CN(C)c1ccc(NC(=O)COC(=O)/C=C/c2c(Cl)cccc2Cl)cc1. The van der Waals surface area contributed by atoms with E-state index >= 15 is 0 Å². The first-order valence-electron chi connectivity index (χ1n) is 7.73. The summed E-state index contributed by atoms with van der Waals surface area (Å²) in [5.74, 6) is -1.10. The standard InChI is InChI=1S/C19H18Cl2N2O3/c1-23(2)14-8-6-13(7-9-14)22-18(24)12-26-19(25)11-10-15-16(20)4-3-5-17(15)21/h3-11H,12H2,1-2H3,(H,22,24)/b11-10+. The third kappa shape index (κ3) is 5.79. The van der Waals surface area contributed by atoms with Crippen LogP contribution in [0, 0.1) is 0 Å². The molecule has 2 aromatic rings. The van der Waals surface area contributed by atoms with Crippen LogP contribution in [-0.2, 0) is 14.3 Å². The van der Waals surface area contributed by atoms with Crippen molar-refractivity contribution in [3.05, 3.63) is 64.1 Å². The second-order valence-corrected chi connectivity index (χ2v) is 6.38. The van der Waals surface area contributed by atoms with Gasteiger partial charge in [0.2, 0.25) is 0 Å². The van der Waals surface area contributed by atoms with Crippen LogP contribution < -0.4 is 10.2 Å². The highest BCUT2D eigenvalue weighted by Crippen LogP contribution is 2.25. The number of esters is 1. The maximum atomic E-state index is 11.9. The maximum absolute atomic E-state index is 11.9. The summed E-state index contributed by atoms with van der Waals surface area (Å²) >= 11 is 12.0. The van der Waals surface area contributed by atoms with Crippen molar-refractivity contribution >= 4 is 52.5 Å². The van der Waals surface area contributed by atoms with Gasteiger partial charge in [0, 0.05) is 47.2 Å². The lowest BCUT2D eigenvalue weighted by Crippen LogP contribution is -2.20. The molecule has 26 heavy (non-hydrogen) atoms. The van der Waals surface area contributed by atoms with Crippen LogP contribution in [0.3, 0.4) is 0 Å². The van der Waals surface area contributed by atoms with E-state index in [9.17, 15) is 9.59 Å². The lowest BCUT2D eigenvalue weighted by atomic mass is 10.2. The van der Waals surface area contributed by atoms with Crippen LogP contribution >= 0.6 is 23.2 Å². The van der Waals surface area contributed by atoms with Crippen LogP contribution in [0.1, 0.15) is 5.56 Å². The molecule has 0 saturated heterocycles. The summed E-state index contributed by atoms with van der Waals surface area (Å²) in [7, 11) is 3.85. The Morgan fingerprint density at radius 1 is 1.08 bits per heavy atom. The topological polar surface area (TPSA) is 58.6 Å². The van der Waals surface area contributed by atoms with Gasteiger partial charge in [-0.2, -0.15) is 0 Å². The van der Waals surface area contributed by atoms with E-state index in [0.717, 1.165) is 5.69 Å². The zero-order chi connectivity index (χ0) is 19.1. The smallest absolute Gasteiger partial charge is 0.331 e. The fraction of sp³-hybridized carbons (Fsp3) is 0.158. The van der Waals surface area contributed by atoms with E-state index in [-0.39, 0.29) is 0 Å². The minimum absolute atomic E-state index is 0.394. The number of nitrogens with zero attached hydrogens (tertiary/aromatic N) is 1. The van der Waals surface area contributed by atoms with Gasteiger partial charge < -0.3 is 15.0 Å². The molecule has 1 N–H and O–H groups in total. The lowest BCUT2D eigenvalue weighted by Gasteiger charge is -2.13. The second kappa shape index (κ2) is 9.27. The number of rotatable bonds is 6. The molecule has 136 valence electrons. The molecule has 0 aliphatic carbocycles. The van der Waals surface area contributed by atoms with Crippen molar-refractivity contribution < 1.29 is 14.3 Å². The molecule has 0 unspecified atom stereocenters. The molecular weight excluding hydrogens is 375 g/mol. The Morgan fingerprint density at radius 3 is 2.27 bits per heavy atom. The van der Waals surface area contributed by atoms with Gasteiger partial charge >= 0.3 is 5.97 Å². The van der Waals surface area contributed by atoms with Gasteiger partial charge in [-0.25, -0.2) is 4.79 Å². The molecule has 0 aliphatic heterocycles. The average Bonchev–Trinajstić information content (AvgIpc) is 2.60. The molecule has 0 atom stereocenters. The fourth-order valence-corrected chi connectivity index (χ4v) is 2.57. The maximum Gasteiger partial charge on any atom is 0.331 e. The van der Waals surface area contributed by atoms with E-state index in [1.54, 1.807) is 30.3 Å². The van der Waals surface area contributed by atoms with Crippen LogP contribution in [-0.4, -0.2) is 32.6 Å². The van der Waals surface area contributed by atoms with Crippen LogP contribution in [0.15, 0.2) is 48.5 Å². The first-order chi connectivity index (χ1) is 12.4. The van der Waals surface area contributed by atoms with Gasteiger partial charge in [-0.05, 0) is 42.5 Å². The molecule has 2 rings (SSSR count). The zero-order valence-corrected chi connectivity index (χ0v) is 15.8. The predicted molar refractivity (Wildman–Crippen MR) is 106 cm³/mol. The van der Waals surface area contributed by atoms with Crippen molar-refractivity contribution in [3.8, 4) is 0 Å². The number of nitrogens with one attached hydrogen (secondary N) is 1. The van der Waals surface area contributed by atoms with Crippen molar-refractivity contribution in [1.82, 2.24) is 0 Å². The first-order valence-corrected chi connectivity index (χ1v) is 8.48. The van der Waals surface area contributed by atoms with E-state index in [2.05, 4.69) is 5.32 Å².